The number of aliphatic hydroxyl groups is 1. The first kappa shape index (κ1) is 23.1. The Morgan fingerprint density at radius 1 is 0.955 bits per heavy atom. The van der Waals surface area contributed by atoms with Crippen LogP contribution in [0.15, 0.2) is 0 Å². The summed E-state index contributed by atoms with van der Waals surface area (Å²) in [6, 6.07) is 0. The van der Waals surface area contributed by atoms with Gasteiger partial charge in [0.1, 0.15) is 13.2 Å². The molecule has 1 N–H and O–H groups in total. The molecule has 132 valence electrons. The fourth-order valence-corrected chi connectivity index (χ4v) is 1.09. The van der Waals surface area contributed by atoms with Gasteiger partial charge in [0.05, 0.1) is 18.4 Å². The third-order valence-corrected chi connectivity index (χ3v) is 3.15. The topological polar surface area (TPSA) is 76.1 Å². The van der Waals surface area contributed by atoms with Gasteiger partial charge in [0, 0.05) is 6.54 Å². The Labute approximate surface area is 134 Å². The summed E-state index contributed by atoms with van der Waals surface area (Å²) < 4.78 is 9.68. The zero-order valence-corrected chi connectivity index (χ0v) is 14.9. The molecule has 2 atom stereocenters. The predicted molar refractivity (Wildman–Crippen MR) is 86.5 cm³/mol. The lowest BCUT2D eigenvalue weighted by atomic mass is 10.1. The van der Waals surface area contributed by atoms with Crippen molar-refractivity contribution in [3.05, 3.63) is 0 Å². The van der Waals surface area contributed by atoms with Gasteiger partial charge in [-0.2, -0.15) is 0 Å². The fraction of sp³-hybridized carbons (Fsp3) is 0.875. The molecule has 6 heteroatoms. The number of carbonyl (C=O) groups excluding carboxylic acids is 2. The van der Waals surface area contributed by atoms with E-state index >= 15 is 0 Å². The number of ether oxygens (including phenoxy) is 2. The number of likely N-dealkylation sites (N-methyl/N-ethyl adjacent to an activating group) is 1. The molecule has 0 aromatic carbocycles. The Morgan fingerprint density at radius 2 is 1.36 bits per heavy atom. The second-order valence-electron chi connectivity index (χ2n) is 5.48. The van der Waals surface area contributed by atoms with Gasteiger partial charge in [0.25, 0.3) is 0 Å². The lowest BCUT2D eigenvalue weighted by molar-refractivity contribution is -0.149. The van der Waals surface area contributed by atoms with Crippen LogP contribution in [0.1, 0.15) is 40.5 Å². The molecule has 2 unspecified atom stereocenters. The molecular formula is C16H33NO5. The van der Waals surface area contributed by atoms with Crippen molar-refractivity contribution >= 4 is 11.9 Å². The smallest absolute Gasteiger partial charge is 0.308 e. The highest BCUT2D eigenvalue weighted by molar-refractivity contribution is 5.72. The molecule has 6 nitrogen and oxygen atoms in total. The molecule has 0 bridgehead atoms. The second kappa shape index (κ2) is 14.8. The maximum absolute atomic E-state index is 11.1. The number of nitrogens with zero attached hydrogens (tertiary/aromatic N) is 1. The Balaban J connectivity index is 0. The monoisotopic (exact) mass is 319 g/mol. The van der Waals surface area contributed by atoms with Crippen molar-refractivity contribution in [2.45, 2.75) is 40.5 Å². The Hall–Kier alpha value is -1.14. The molecule has 0 saturated carbocycles. The minimum absolute atomic E-state index is 0.0344. The van der Waals surface area contributed by atoms with E-state index in [1.54, 1.807) is 6.92 Å². The Kier molecular flexibility index (Phi) is 15.5. The number of carbonyl (C=O) groups is 2. The summed E-state index contributed by atoms with van der Waals surface area (Å²) in [6.07, 6.45) is 1.63. The summed E-state index contributed by atoms with van der Waals surface area (Å²) >= 11 is 0. The van der Waals surface area contributed by atoms with Crippen molar-refractivity contribution < 1.29 is 24.2 Å². The van der Waals surface area contributed by atoms with Gasteiger partial charge in [-0.1, -0.05) is 27.7 Å². The van der Waals surface area contributed by atoms with Gasteiger partial charge < -0.3 is 19.5 Å². The summed E-state index contributed by atoms with van der Waals surface area (Å²) in [5.74, 6) is -0.324. The van der Waals surface area contributed by atoms with Crippen LogP contribution < -0.4 is 0 Å². The molecule has 0 heterocycles. The molecular weight excluding hydrogens is 286 g/mol. The van der Waals surface area contributed by atoms with E-state index in [0.717, 1.165) is 19.4 Å². The molecule has 0 rings (SSSR count). The van der Waals surface area contributed by atoms with Crippen LogP contribution in [0.5, 0.6) is 0 Å². The summed E-state index contributed by atoms with van der Waals surface area (Å²) in [5, 5.41) is 8.29. The van der Waals surface area contributed by atoms with E-state index in [9.17, 15) is 9.59 Å². The molecule has 0 amide bonds. The van der Waals surface area contributed by atoms with Crippen LogP contribution in [-0.4, -0.2) is 62.4 Å². The maximum Gasteiger partial charge on any atom is 0.308 e. The van der Waals surface area contributed by atoms with Gasteiger partial charge in [0.15, 0.2) is 0 Å². The number of aliphatic hydroxyl groups excluding tert-OH is 1. The first-order chi connectivity index (χ1) is 10.3. The van der Waals surface area contributed by atoms with Crippen molar-refractivity contribution in [2.75, 3.05) is 40.5 Å². The van der Waals surface area contributed by atoms with E-state index in [-0.39, 0.29) is 37.0 Å². The van der Waals surface area contributed by atoms with Crippen LogP contribution in [-0.2, 0) is 19.1 Å². The van der Waals surface area contributed by atoms with E-state index in [0.29, 0.717) is 6.61 Å². The molecule has 0 aromatic heterocycles. The van der Waals surface area contributed by atoms with Crippen molar-refractivity contribution in [1.29, 1.82) is 0 Å². The standard InChI is InChI=1S/C9H19NO2.C7H14O3/c1-5-8(2)9(11)12-7-6-10(3)4;1-3-6(2)7(9)10-5-4-8/h8H,5-7H2,1-4H3;6,8H,3-5H2,1-2H3. The van der Waals surface area contributed by atoms with Crippen molar-refractivity contribution in [1.82, 2.24) is 4.90 Å². The average Bonchev–Trinajstić information content (AvgIpc) is 2.50. The zero-order chi connectivity index (χ0) is 17.5. The van der Waals surface area contributed by atoms with Crippen LogP contribution in [0.3, 0.4) is 0 Å². The molecule has 0 aliphatic heterocycles. The van der Waals surface area contributed by atoms with E-state index < -0.39 is 0 Å². The normalized spacial score (nSPS) is 12.9. The third kappa shape index (κ3) is 13.8. The molecule has 0 spiro atoms. The second-order valence-corrected chi connectivity index (χ2v) is 5.48. The highest BCUT2D eigenvalue weighted by atomic mass is 16.5. The van der Waals surface area contributed by atoms with Crippen LogP contribution in [0, 0.1) is 11.8 Å². The van der Waals surface area contributed by atoms with Gasteiger partial charge >= 0.3 is 11.9 Å². The van der Waals surface area contributed by atoms with Crippen LogP contribution >= 0.6 is 0 Å². The zero-order valence-electron chi connectivity index (χ0n) is 14.9. The number of rotatable bonds is 9. The van der Waals surface area contributed by atoms with E-state index in [1.807, 2.05) is 39.8 Å². The number of esters is 2. The van der Waals surface area contributed by atoms with Gasteiger partial charge in [-0.3, -0.25) is 9.59 Å². The number of hydrogen-bond donors (Lipinski definition) is 1. The molecule has 0 saturated heterocycles. The minimum atomic E-state index is -0.225. The quantitative estimate of drug-likeness (QED) is 0.652. The van der Waals surface area contributed by atoms with Gasteiger partial charge in [-0.05, 0) is 26.9 Å². The highest BCUT2D eigenvalue weighted by Gasteiger charge is 2.11. The van der Waals surface area contributed by atoms with Crippen molar-refractivity contribution in [3.8, 4) is 0 Å². The first-order valence-corrected chi connectivity index (χ1v) is 7.88. The van der Waals surface area contributed by atoms with Gasteiger partial charge in [-0.15, -0.1) is 0 Å². The molecule has 0 fully saturated rings. The van der Waals surface area contributed by atoms with E-state index in [2.05, 4.69) is 4.74 Å². The lowest BCUT2D eigenvalue weighted by Crippen LogP contribution is -2.22. The fourth-order valence-electron chi connectivity index (χ4n) is 1.09. The lowest BCUT2D eigenvalue weighted by Gasteiger charge is -2.12. The predicted octanol–water partition coefficient (Wildman–Crippen LogP) is 1.71. The SMILES string of the molecule is CCC(C)C(=O)OCCN(C)C.CCC(C)C(=O)OCCO. The van der Waals surface area contributed by atoms with Crippen LogP contribution in [0.25, 0.3) is 0 Å². The minimum Gasteiger partial charge on any atom is -0.464 e. The van der Waals surface area contributed by atoms with Gasteiger partial charge in [-0.25, -0.2) is 0 Å². The van der Waals surface area contributed by atoms with Crippen LogP contribution in [0.4, 0.5) is 0 Å². The Bertz CT molecular complexity index is 294. The summed E-state index contributed by atoms with van der Waals surface area (Å²) in [4.78, 5) is 23.9. The highest BCUT2D eigenvalue weighted by Crippen LogP contribution is 2.03. The number of hydrogen-bond acceptors (Lipinski definition) is 6. The molecule has 0 radical (unpaired) electrons. The molecule has 22 heavy (non-hydrogen) atoms. The molecule has 0 aliphatic rings. The third-order valence-electron chi connectivity index (χ3n) is 3.15. The average molecular weight is 319 g/mol. The van der Waals surface area contributed by atoms with E-state index in [1.165, 1.54) is 0 Å². The Morgan fingerprint density at radius 3 is 1.68 bits per heavy atom. The van der Waals surface area contributed by atoms with Crippen LogP contribution in [0.2, 0.25) is 0 Å². The first-order valence-electron chi connectivity index (χ1n) is 7.88. The van der Waals surface area contributed by atoms with Crippen molar-refractivity contribution in [2.24, 2.45) is 11.8 Å². The van der Waals surface area contributed by atoms with Gasteiger partial charge in [0.2, 0.25) is 0 Å². The largest absolute Gasteiger partial charge is 0.464 e. The summed E-state index contributed by atoms with van der Waals surface area (Å²) in [5.41, 5.74) is 0. The maximum atomic E-state index is 11.1. The summed E-state index contributed by atoms with van der Waals surface area (Å²) in [6.45, 7) is 8.91. The molecule has 0 aliphatic carbocycles. The van der Waals surface area contributed by atoms with Crippen molar-refractivity contribution in [3.63, 3.8) is 0 Å². The molecule has 0 aromatic rings. The van der Waals surface area contributed by atoms with E-state index in [4.69, 9.17) is 9.84 Å². The summed E-state index contributed by atoms with van der Waals surface area (Å²) in [7, 11) is 3.91.